The van der Waals surface area contributed by atoms with E-state index in [0.29, 0.717) is 17.2 Å². The molecular weight excluding hydrogens is 535 g/mol. The van der Waals surface area contributed by atoms with Crippen molar-refractivity contribution in [2.45, 2.75) is 57.7 Å². The molecule has 1 unspecified atom stereocenters. The molecule has 2 heterocycles. The van der Waals surface area contributed by atoms with Crippen LogP contribution in [0.25, 0.3) is 5.82 Å². The highest BCUT2D eigenvalue weighted by atomic mass is 35.5. The molecule has 1 fully saturated rings. The van der Waals surface area contributed by atoms with Crippen molar-refractivity contribution < 1.29 is 27.9 Å². The maximum atomic E-state index is 13.1. The molecule has 0 aliphatic heterocycles. The molecule has 39 heavy (non-hydrogen) atoms. The number of carbonyl (C=O) groups is 2. The lowest BCUT2D eigenvalue weighted by Crippen LogP contribution is -2.26. The van der Waals surface area contributed by atoms with Crippen molar-refractivity contribution in [2.24, 2.45) is 5.92 Å². The number of hydrogen-bond donors (Lipinski definition) is 3. The van der Waals surface area contributed by atoms with E-state index in [0.717, 1.165) is 55.6 Å². The smallest absolute Gasteiger partial charge is 0.417 e. The van der Waals surface area contributed by atoms with Crippen LogP contribution in [0.5, 0.6) is 0 Å². The Labute approximate surface area is 228 Å². The number of nitrogens with one attached hydrogen (secondary N) is 2. The quantitative estimate of drug-likeness (QED) is 0.287. The van der Waals surface area contributed by atoms with Gasteiger partial charge in [0.25, 0.3) is 5.91 Å². The summed E-state index contributed by atoms with van der Waals surface area (Å²) in [6.07, 6.45) is 3.16. The minimum atomic E-state index is -4.55. The molecule has 1 aromatic carbocycles. The average Bonchev–Trinajstić information content (AvgIpc) is 3.28. The van der Waals surface area contributed by atoms with Gasteiger partial charge in [0.15, 0.2) is 5.82 Å². The lowest BCUT2D eigenvalue weighted by molar-refractivity contribution is -0.138. The summed E-state index contributed by atoms with van der Waals surface area (Å²) < 4.78 is 40.6. The number of carboxylic acid groups (broad SMARTS) is 1. The van der Waals surface area contributed by atoms with Crippen LogP contribution in [0.4, 0.5) is 18.9 Å². The molecule has 1 atom stereocenters. The second kappa shape index (κ2) is 12.1. The molecule has 208 valence electrons. The summed E-state index contributed by atoms with van der Waals surface area (Å²) in [5.41, 5.74) is 1.85. The largest absolute Gasteiger partial charge is 0.481 e. The molecule has 3 N–H and O–H groups in total. The summed E-state index contributed by atoms with van der Waals surface area (Å²) in [7, 11) is 0. The Morgan fingerprint density at radius 1 is 1.18 bits per heavy atom. The van der Waals surface area contributed by atoms with Gasteiger partial charge >= 0.3 is 12.1 Å². The van der Waals surface area contributed by atoms with Crippen molar-refractivity contribution in [3.63, 3.8) is 0 Å². The lowest BCUT2D eigenvalue weighted by atomic mass is 9.81. The van der Waals surface area contributed by atoms with Crippen molar-refractivity contribution in [1.82, 2.24) is 20.1 Å². The van der Waals surface area contributed by atoms with E-state index in [-0.39, 0.29) is 35.8 Å². The number of anilines is 1. The normalized spacial score (nSPS) is 15.1. The van der Waals surface area contributed by atoms with Gasteiger partial charge in [0.05, 0.1) is 28.7 Å². The number of aryl methyl sites for hydroxylation is 1. The van der Waals surface area contributed by atoms with Gasteiger partial charge in [0.1, 0.15) is 0 Å². The molecule has 2 aromatic heterocycles. The molecule has 1 amide bonds. The van der Waals surface area contributed by atoms with Crippen LogP contribution in [0.1, 0.15) is 71.7 Å². The van der Waals surface area contributed by atoms with Crippen LogP contribution >= 0.6 is 11.6 Å². The van der Waals surface area contributed by atoms with E-state index in [9.17, 15) is 22.8 Å². The Balaban J connectivity index is 1.58. The van der Waals surface area contributed by atoms with E-state index in [4.69, 9.17) is 16.7 Å². The van der Waals surface area contributed by atoms with Crippen LogP contribution in [0.15, 0.2) is 42.7 Å². The van der Waals surface area contributed by atoms with Crippen molar-refractivity contribution >= 4 is 29.2 Å². The summed E-state index contributed by atoms with van der Waals surface area (Å²) in [4.78, 5) is 26.9. The third-order valence-electron chi connectivity index (χ3n) is 6.85. The molecule has 1 saturated carbocycles. The van der Waals surface area contributed by atoms with Gasteiger partial charge in [-0.25, -0.2) is 9.67 Å². The molecule has 0 spiro atoms. The van der Waals surface area contributed by atoms with Gasteiger partial charge in [-0.15, -0.1) is 0 Å². The Hall–Kier alpha value is -3.60. The SMILES string of the molecule is Cc1nn(-c2ncc(C(F)(F)F)cc2Cl)cc1C(Nc1ccc(C(=O)NCCC(=O)O)cc1)C1CCCCC1. The maximum absolute atomic E-state index is 13.1. The van der Waals surface area contributed by atoms with Crippen LogP contribution in [-0.2, 0) is 11.0 Å². The topological polar surface area (TPSA) is 109 Å². The van der Waals surface area contributed by atoms with Crippen LogP contribution in [-0.4, -0.2) is 38.3 Å². The number of hydrogen-bond acceptors (Lipinski definition) is 5. The summed E-state index contributed by atoms with van der Waals surface area (Å²) in [5.74, 6) is -0.937. The number of pyridine rings is 1. The van der Waals surface area contributed by atoms with Crippen LogP contribution in [0, 0.1) is 12.8 Å². The Morgan fingerprint density at radius 2 is 1.87 bits per heavy atom. The zero-order chi connectivity index (χ0) is 28.2. The minimum Gasteiger partial charge on any atom is -0.481 e. The zero-order valence-corrected chi connectivity index (χ0v) is 22.0. The molecule has 12 heteroatoms. The van der Waals surface area contributed by atoms with Gasteiger partial charge in [0, 0.05) is 35.8 Å². The molecule has 1 aliphatic carbocycles. The minimum absolute atomic E-state index is 0.0407. The average molecular weight is 564 g/mol. The van der Waals surface area contributed by atoms with E-state index in [2.05, 4.69) is 20.7 Å². The van der Waals surface area contributed by atoms with Crippen molar-refractivity contribution in [3.05, 3.63) is 70.1 Å². The summed E-state index contributed by atoms with van der Waals surface area (Å²) in [5, 5.41) is 19.3. The fourth-order valence-electron chi connectivity index (χ4n) is 4.84. The van der Waals surface area contributed by atoms with E-state index >= 15 is 0 Å². The van der Waals surface area contributed by atoms with Crippen molar-refractivity contribution in [1.29, 1.82) is 0 Å². The molecule has 4 rings (SSSR count). The molecule has 3 aromatic rings. The number of carboxylic acids is 1. The van der Waals surface area contributed by atoms with Crippen LogP contribution in [0.3, 0.4) is 0 Å². The van der Waals surface area contributed by atoms with E-state index < -0.39 is 17.7 Å². The van der Waals surface area contributed by atoms with Crippen LogP contribution < -0.4 is 10.6 Å². The number of rotatable bonds is 9. The maximum Gasteiger partial charge on any atom is 0.417 e. The molecule has 8 nitrogen and oxygen atoms in total. The number of carbonyl (C=O) groups excluding carboxylic acids is 1. The third kappa shape index (κ3) is 7.08. The first-order valence-corrected chi connectivity index (χ1v) is 13.1. The van der Waals surface area contributed by atoms with E-state index in [1.54, 1.807) is 30.5 Å². The summed E-state index contributed by atoms with van der Waals surface area (Å²) in [6.45, 7) is 1.88. The fourth-order valence-corrected chi connectivity index (χ4v) is 5.09. The predicted octanol–water partition coefficient (Wildman–Crippen LogP) is 6.19. The Morgan fingerprint density at radius 3 is 2.49 bits per heavy atom. The molecule has 0 saturated heterocycles. The lowest BCUT2D eigenvalue weighted by Gasteiger charge is -2.31. The first-order valence-electron chi connectivity index (χ1n) is 12.7. The van der Waals surface area contributed by atoms with Gasteiger partial charge in [-0.05, 0) is 56.0 Å². The second-order valence-electron chi connectivity index (χ2n) is 9.64. The molecular formula is C27H29ClF3N5O3. The van der Waals surface area contributed by atoms with Gasteiger partial charge < -0.3 is 15.7 Å². The van der Waals surface area contributed by atoms with Gasteiger partial charge in [-0.1, -0.05) is 30.9 Å². The van der Waals surface area contributed by atoms with Gasteiger partial charge in [0.2, 0.25) is 0 Å². The van der Waals surface area contributed by atoms with Gasteiger partial charge in [-0.3, -0.25) is 9.59 Å². The monoisotopic (exact) mass is 563 g/mol. The number of alkyl halides is 3. The zero-order valence-electron chi connectivity index (χ0n) is 21.3. The highest BCUT2D eigenvalue weighted by molar-refractivity contribution is 6.32. The number of benzene rings is 1. The summed E-state index contributed by atoms with van der Waals surface area (Å²) >= 11 is 6.18. The first-order chi connectivity index (χ1) is 18.5. The summed E-state index contributed by atoms with van der Waals surface area (Å²) in [6, 6.07) is 7.61. The van der Waals surface area contributed by atoms with Crippen molar-refractivity contribution in [2.75, 3.05) is 11.9 Å². The number of nitrogens with zero attached hydrogens (tertiary/aromatic N) is 3. The van der Waals surface area contributed by atoms with E-state index in [1.165, 1.54) is 4.68 Å². The highest BCUT2D eigenvalue weighted by Crippen LogP contribution is 2.38. The number of aromatic nitrogens is 3. The predicted molar refractivity (Wildman–Crippen MR) is 140 cm³/mol. The Kier molecular flexibility index (Phi) is 8.79. The molecule has 0 radical (unpaired) electrons. The Bertz CT molecular complexity index is 1320. The standard InChI is InChI=1S/C27H29ClF3N5O3/c1-16-21(15-36(35-16)25-22(28)13-19(14-33-25)27(29,30)31)24(17-5-3-2-4-6-17)34-20-9-7-18(8-10-20)26(39)32-12-11-23(37)38/h7-10,13-15,17,24,34H,2-6,11-12H2,1H3,(H,32,39)(H,37,38). The third-order valence-corrected chi connectivity index (χ3v) is 7.13. The second-order valence-corrected chi connectivity index (χ2v) is 10.0. The fraction of sp³-hybridized carbons (Fsp3) is 0.407. The highest BCUT2D eigenvalue weighted by Gasteiger charge is 2.32. The first kappa shape index (κ1) is 28.4. The molecule has 1 aliphatic rings. The molecule has 0 bridgehead atoms. The van der Waals surface area contributed by atoms with E-state index in [1.807, 2.05) is 6.92 Å². The number of halogens is 4. The van der Waals surface area contributed by atoms with Crippen molar-refractivity contribution in [3.8, 4) is 5.82 Å². The van der Waals surface area contributed by atoms with Gasteiger partial charge in [-0.2, -0.15) is 18.3 Å². The van der Waals surface area contributed by atoms with Crippen LogP contribution in [0.2, 0.25) is 5.02 Å². The number of aliphatic carboxylic acids is 1. The number of amides is 1.